The molecule has 0 bridgehead atoms. The van der Waals surface area contributed by atoms with E-state index >= 15 is 0 Å². The van der Waals surface area contributed by atoms with Crippen LogP contribution in [0.4, 0.5) is 4.39 Å². The normalized spacial score (nSPS) is 29.4. The van der Waals surface area contributed by atoms with E-state index in [1.807, 2.05) is 24.3 Å². The minimum atomic E-state index is -0.840. The van der Waals surface area contributed by atoms with E-state index in [0.29, 0.717) is 5.56 Å². The first-order valence-electron chi connectivity index (χ1n) is 8.01. The Balaban J connectivity index is 1.75. The van der Waals surface area contributed by atoms with Gasteiger partial charge in [-0.2, -0.15) is 0 Å². The average Bonchev–Trinajstić information content (AvgIpc) is 2.52. The maximum absolute atomic E-state index is 13.5. The second kappa shape index (κ2) is 6.32. The van der Waals surface area contributed by atoms with Crippen LogP contribution in [0.2, 0.25) is 0 Å². The summed E-state index contributed by atoms with van der Waals surface area (Å²) in [5, 5.41) is 0. The van der Waals surface area contributed by atoms with Gasteiger partial charge in [0.2, 0.25) is 0 Å². The molecule has 0 spiro atoms. The van der Waals surface area contributed by atoms with Crippen LogP contribution in [0.3, 0.4) is 0 Å². The fourth-order valence-electron chi connectivity index (χ4n) is 3.31. The van der Waals surface area contributed by atoms with Gasteiger partial charge in [-0.05, 0) is 49.2 Å². The predicted octanol–water partition coefficient (Wildman–Crippen LogP) is 2.29. The Kier molecular flexibility index (Phi) is 4.43. The molecule has 0 amide bonds. The van der Waals surface area contributed by atoms with Crippen LogP contribution < -0.4 is 11.5 Å². The summed E-state index contributed by atoms with van der Waals surface area (Å²) >= 11 is 0. The van der Waals surface area contributed by atoms with E-state index in [-0.39, 0.29) is 11.9 Å². The molecule has 2 atom stereocenters. The molecule has 0 aromatic heterocycles. The molecule has 1 heterocycles. The Morgan fingerprint density at radius 3 is 2.68 bits per heavy atom. The Morgan fingerprint density at radius 2 is 2.00 bits per heavy atom. The van der Waals surface area contributed by atoms with E-state index < -0.39 is 5.54 Å². The molecule has 1 saturated heterocycles. The SMILES string of the molecule is NC1C=C(CN2CCCCC2)C=CC1(N)c1cccc(F)c1. The summed E-state index contributed by atoms with van der Waals surface area (Å²) < 4.78 is 13.5. The van der Waals surface area contributed by atoms with Gasteiger partial charge in [0.25, 0.3) is 0 Å². The summed E-state index contributed by atoms with van der Waals surface area (Å²) in [4.78, 5) is 2.46. The highest BCUT2D eigenvalue weighted by atomic mass is 19.1. The van der Waals surface area contributed by atoms with Crippen LogP contribution in [0.5, 0.6) is 0 Å². The minimum Gasteiger partial charge on any atom is -0.322 e. The van der Waals surface area contributed by atoms with Crippen LogP contribution in [-0.4, -0.2) is 30.6 Å². The topological polar surface area (TPSA) is 55.3 Å². The van der Waals surface area contributed by atoms with E-state index in [9.17, 15) is 4.39 Å². The van der Waals surface area contributed by atoms with Crippen LogP contribution in [0.15, 0.2) is 48.1 Å². The second-order valence-electron chi connectivity index (χ2n) is 6.38. The second-order valence-corrected chi connectivity index (χ2v) is 6.38. The van der Waals surface area contributed by atoms with Crippen molar-refractivity contribution in [1.29, 1.82) is 0 Å². The minimum absolute atomic E-state index is 0.286. The zero-order valence-corrected chi connectivity index (χ0v) is 12.8. The lowest BCUT2D eigenvalue weighted by atomic mass is 9.79. The summed E-state index contributed by atoms with van der Waals surface area (Å²) in [5.74, 6) is -0.286. The van der Waals surface area contributed by atoms with Gasteiger partial charge in [0, 0.05) is 12.6 Å². The van der Waals surface area contributed by atoms with Crippen LogP contribution >= 0.6 is 0 Å². The van der Waals surface area contributed by atoms with Gasteiger partial charge in [0.1, 0.15) is 5.82 Å². The molecule has 1 aliphatic heterocycles. The number of hydrogen-bond donors (Lipinski definition) is 2. The number of nitrogens with zero attached hydrogens (tertiary/aromatic N) is 1. The molecule has 118 valence electrons. The van der Waals surface area contributed by atoms with Crippen LogP contribution in [0.25, 0.3) is 0 Å². The maximum Gasteiger partial charge on any atom is 0.123 e. The first kappa shape index (κ1) is 15.4. The fourth-order valence-corrected chi connectivity index (χ4v) is 3.31. The molecule has 0 radical (unpaired) electrons. The predicted molar refractivity (Wildman–Crippen MR) is 87.8 cm³/mol. The Bertz CT molecular complexity index is 590. The molecule has 3 nitrogen and oxygen atoms in total. The molecule has 1 aromatic carbocycles. The molecule has 1 aromatic rings. The number of piperidine rings is 1. The van der Waals surface area contributed by atoms with E-state index in [0.717, 1.165) is 19.6 Å². The zero-order valence-electron chi connectivity index (χ0n) is 12.8. The summed E-state index contributed by atoms with van der Waals surface area (Å²) in [6.07, 6.45) is 9.87. The molecule has 22 heavy (non-hydrogen) atoms. The standard InChI is InChI=1S/C18H24FN3/c19-16-6-4-5-15(12-16)18(21)8-7-14(11-17(18)20)13-22-9-2-1-3-10-22/h4-8,11-12,17H,1-3,9-10,13,20-21H2. The van der Waals surface area contributed by atoms with Gasteiger partial charge in [-0.1, -0.05) is 36.8 Å². The monoisotopic (exact) mass is 301 g/mol. The quantitative estimate of drug-likeness (QED) is 0.900. The summed E-state index contributed by atoms with van der Waals surface area (Å²) in [7, 11) is 0. The van der Waals surface area contributed by atoms with Crippen molar-refractivity contribution in [3.05, 3.63) is 59.4 Å². The molecule has 3 rings (SSSR count). The number of nitrogens with two attached hydrogens (primary N) is 2. The molecule has 4 heteroatoms. The Morgan fingerprint density at radius 1 is 1.23 bits per heavy atom. The third-order valence-corrected chi connectivity index (χ3v) is 4.70. The molecule has 0 saturated carbocycles. The van der Waals surface area contributed by atoms with Crippen molar-refractivity contribution < 1.29 is 4.39 Å². The van der Waals surface area contributed by atoms with Crippen molar-refractivity contribution in [3.8, 4) is 0 Å². The maximum atomic E-state index is 13.5. The van der Waals surface area contributed by atoms with Gasteiger partial charge in [-0.15, -0.1) is 0 Å². The van der Waals surface area contributed by atoms with Crippen molar-refractivity contribution in [3.63, 3.8) is 0 Å². The van der Waals surface area contributed by atoms with E-state index in [1.165, 1.54) is 37.0 Å². The molecule has 2 aliphatic rings. The molecular formula is C18H24FN3. The molecule has 1 fully saturated rings. The number of hydrogen-bond acceptors (Lipinski definition) is 3. The van der Waals surface area contributed by atoms with Crippen LogP contribution in [-0.2, 0) is 5.54 Å². The third-order valence-electron chi connectivity index (χ3n) is 4.70. The van der Waals surface area contributed by atoms with Crippen molar-refractivity contribution in [2.24, 2.45) is 11.5 Å². The average molecular weight is 301 g/mol. The zero-order chi connectivity index (χ0) is 15.6. The van der Waals surface area contributed by atoms with Gasteiger partial charge in [-0.3, -0.25) is 4.90 Å². The fraction of sp³-hybridized carbons (Fsp3) is 0.444. The van der Waals surface area contributed by atoms with E-state index in [4.69, 9.17) is 11.5 Å². The highest BCUT2D eigenvalue weighted by molar-refractivity contribution is 5.41. The summed E-state index contributed by atoms with van der Waals surface area (Å²) in [6, 6.07) is 6.04. The molecular weight excluding hydrogens is 277 g/mol. The first-order chi connectivity index (χ1) is 10.6. The van der Waals surface area contributed by atoms with E-state index in [1.54, 1.807) is 6.07 Å². The van der Waals surface area contributed by atoms with Gasteiger partial charge in [0.05, 0.1) is 5.54 Å². The van der Waals surface area contributed by atoms with Gasteiger partial charge in [-0.25, -0.2) is 4.39 Å². The van der Waals surface area contributed by atoms with Gasteiger partial charge in [0.15, 0.2) is 0 Å². The van der Waals surface area contributed by atoms with Crippen LogP contribution in [0.1, 0.15) is 24.8 Å². The van der Waals surface area contributed by atoms with Gasteiger partial charge < -0.3 is 11.5 Å². The molecule has 1 aliphatic carbocycles. The highest BCUT2D eigenvalue weighted by Crippen LogP contribution is 2.29. The molecule has 4 N–H and O–H groups in total. The number of benzene rings is 1. The number of likely N-dealkylation sites (tertiary alicyclic amines) is 1. The third kappa shape index (κ3) is 3.14. The number of rotatable bonds is 3. The van der Waals surface area contributed by atoms with Gasteiger partial charge >= 0.3 is 0 Å². The van der Waals surface area contributed by atoms with Crippen LogP contribution in [0, 0.1) is 5.82 Å². The Hall–Kier alpha value is -1.49. The lowest BCUT2D eigenvalue weighted by molar-refractivity contribution is 0.247. The Labute approximate surface area is 131 Å². The smallest absolute Gasteiger partial charge is 0.123 e. The highest BCUT2D eigenvalue weighted by Gasteiger charge is 2.33. The van der Waals surface area contributed by atoms with Crippen molar-refractivity contribution >= 4 is 0 Å². The van der Waals surface area contributed by atoms with Crippen molar-refractivity contribution in [2.45, 2.75) is 30.8 Å². The lowest BCUT2D eigenvalue weighted by Crippen LogP contribution is -2.51. The summed E-state index contributed by atoms with van der Waals surface area (Å²) in [5.41, 5.74) is 13.8. The lowest BCUT2D eigenvalue weighted by Gasteiger charge is -2.35. The van der Waals surface area contributed by atoms with E-state index in [2.05, 4.69) is 4.90 Å². The van der Waals surface area contributed by atoms with Crippen molar-refractivity contribution in [1.82, 2.24) is 4.90 Å². The molecule has 2 unspecified atom stereocenters. The number of halogens is 1. The van der Waals surface area contributed by atoms with Crippen molar-refractivity contribution in [2.75, 3.05) is 19.6 Å². The summed E-state index contributed by atoms with van der Waals surface area (Å²) in [6.45, 7) is 3.22. The largest absolute Gasteiger partial charge is 0.322 e. The first-order valence-corrected chi connectivity index (χ1v) is 8.01.